The maximum Gasteiger partial charge on any atom is 0.223 e. The quantitative estimate of drug-likeness (QED) is 0.847. The third-order valence-electron chi connectivity index (χ3n) is 2.87. The van der Waals surface area contributed by atoms with Crippen LogP contribution in [0.25, 0.3) is 0 Å². The largest absolute Gasteiger partial charge is 0.493 e. The molecule has 0 aromatic heterocycles. The lowest BCUT2D eigenvalue weighted by Crippen LogP contribution is -2.26. The average Bonchev–Trinajstić information content (AvgIpc) is 3.07. The molecule has 1 amide bonds. The van der Waals surface area contributed by atoms with E-state index in [1.807, 2.05) is 26.0 Å². The van der Waals surface area contributed by atoms with Crippen molar-refractivity contribution >= 4 is 5.91 Å². The lowest BCUT2D eigenvalue weighted by Gasteiger charge is -2.09. The van der Waals surface area contributed by atoms with Gasteiger partial charge < -0.3 is 10.1 Å². The van der Waals surface area contributed by atoms with Crippen LogP contribution in [-0.2, 0) is 4.79 Å². The molecule has 17 heavy (non-hydrogen) atoms. The molecule has 0 unspecified atom stereocenters. The zero-order valence-electron chi connectivity index (χ0n) is 10.5. The van der Waals surface area contributed by atoms with Crippen LogP contribution in [0, 0.1) is 13.8 Å². The van der Waals surface area contributed by atoms with Gasteiger partial charge in [-0.15, -0.1) is 0 Å². The monoisotopic (exact) mass is 233 g/mol. The summed E-state index contributed by atoms with van der Waals surface area (Å²) in [7, 11) is 0. The fraction of sp³-hybridized carbons (Fsp3) is 0.500. The van der Waals surface area contributed by atoms with Crippen LogP contribution in [-0.4, -0.2) is 18.6 Å². The minimum absolute atomic E-state index is 0.0952. The third-order valence-corrected chi connectivity index (χ3v) is 2.87. The number of benzene rings is 1. The molecular weight excluding hydrogens is 214 g/mol. The van der Waals surface area contributed by atoms with Gasteiger partial charge in [-0.3, -0.25) is 4.79 Å². The van der Waals surface area contributed by atoms with Crippen molar-refractivity contribution in [2.24, 2.45) is 0 Å². The summed E-state index contributed by atoms with van der Waals surface area (Å²) in [6.45, 7) is 4.49. The molecule has 1 aromatic carbocycles. The number of rotatable bonds is 5. The third kappa shape index (κ3) is 3.77. The zero-order valence-corrected chi connectivity index (χ0v) is 10.5. The van der Waals surface area contributed by atoms with E-state index in [0.717, 1.165) is 24.2 Å². The Morgan fingerprint density at radius 3 is 2.88 bits per heavy atom. The zero-order chi connectivity index (χ0) is 12.3. The van der Waals surface area contributed by atoms with Gasteiger partial charge in [0.1, 0.15) is 5.75 Å². The summed E-state index contributed by atoms with van der Waals surface area (Å²) in [5.74, 6) is 0.974. The Bertz CT molecular complexity index is 411. The van der Waals surface area contributed by atoms with E-state index in [0.29, 0.717) is 19.1 Å². The van der Waals surface area contributed by atoms with Crippen molar-refractivity contribution in [2.45, 2.75) is 39.2 Å². The molecule has 0 radical (unpaired) electrons. The first-order valence-electron chi connectivity index (χ1n) is 6.14. The van der Waals surface area contributed by atoms with Crippen molar-refractivity contribution in [3.05, 3.63) is 29.3 Å². The Kier molecular flexibility index (Phi) is 3.67. The molecule has 1 aliphatic rings. The normalized spacial score (nSPS) is 14.5. The molecule has 1 aromatic rings. The average molecular weight is 233 g/mol. The highest BCUT2D eigenvalue weighted by molar-refractivity contribution is 5.76. The second-order valence-electron chi connectivity index (χ2n) is 4.71. The Hall–Kier alpha value is -1.51. The molecule has 1 aliphatic carbocycles. The maximum atomic E-state index is 11.4. The van der Waals surface area contributed by atoms with E-state index in [4.69, 9.17) is 4.74 Å². The van der Waals surface area contributed by atoms with Gasteiger partial charge in [0.2, 0.25) is 5.91 Å². The molecule has 0 atom stereocenters. The number of hydrogen-bond acceptors (Lipinski definition) is 2. The summed E-state index contributed by atoms with van der Waals surface area (Å²) in [5, 5.41) is 2.95. The predicted molar refractivity (Wildman–Crippen MR) is 67.2 cm³/mol. The van der Waals surface area contributed by atoms with E-state index >= 15 is 0 Å². The lowest BCUT2D eigenvalue weighted by molar-refractivity contribution is -0.121. The first-order chi connectivity index (χ1) is 8.15. The highest BCUT2D eigenvalue weighted by Gasteiger charge is 2.22. The molecule has 1 fully saturated rings. The Morgan fingerprint density at radius 1 is 1.41 bits per heavy atom. The first kappa shape index (κ1) is 12.0. The van der Waals surface area contributed by atoms with Crippen molar-refractivity contribution in [2.75, 3.05) is 6.61 Å². The van der Waals surface area contributed by atoms with Gasteiger partial charge in [-0.05, 0) is 43.9 Å². The van der Waals surface area contributed by atoms with Crippen LogP contribution >= 0.6 is 0 Å². The van der Waals surface area contributed by atoms with Gasteiger partial charge in [0, 0.05) is 6.04 Å². The van der Waals surface area contributed by atoms with Gasteiger partial charge in [0.05, 0.1) is 13.0 Å². The fourth-order valence-corrected chi connectivity index (χ4v) is 1.64. The second kappa shape index (κ2) is 5.21. The van der Waals surface area contributed by atoms with E-state index in [2.05, 4.69) is 11.4 Å². The number of hydrogen-bond donors (Lipinski definition) is 1. The van der Waals surface area contributed by atoms with E-state index in [1.165, 1.54) is 5.56 Å². The molecule has 1 saturated carbocycles. The van der Waals surface area contributed by atoms with Crippen molar-refractivity contribution in [3.63, 3.8) is 0 Å². The summed E-state index contributed by atoms with van der Waals surface area (Å²) in [6, 6.07) is 6.54. The van der Waals surface area contributed by atoms with E-state index in [9.17, 15) is 4.79 Å². The van der Waals surface area contributed by atoms with E-state index in [1.54, 1.807) is 0 Å². The maximum absolute atomic E-state index is 11.4. The van der Waals surface area contributed by atoms with Gasteiger partial charge in [-0.1, -0.05) is 12.1 Å². The van der Waals surface area contributed by atoms with Crippen LogP contribution in [0.4, 0.5) is 0 Å². The highest BCUT2D eigenvalue weighted by atomic mass is 16.5. The number of carbonyl (C=O) groups excluding carboxylic acids is 1. The van der Waals surface area contributed by atoms with E-state index in [-0.39, 0.29) is 5.91 Å². The van der Waals surface area contributed by atoms with Crippen molar-refractivity contribution < 1.29 is 9.53 Å². The Morgan fingerprint density at radius 2 is 2.18 bits per heavy atom. The van der Waals surface area contributed by atoms with Crippen LogP contribution in [0.5, 0.6) is 5.75 Å². The standard InChI is InChI=1S/C14H19NO2/c1-10-3-4-11(2)13(9-10)17-8-7-14(16)15-12-5-6-12/h3-4,9,12H,5-8H2,1-2H3,(H,15,16). The molecule has 3 nitrogen and oxygen atoms in total. The number of nitrogens with one attached hydrogen (secondary N) is 1. The summed E-state index contributed by atoms with van der Waals surface area (Å²) >= 11 is 0. The minimum Gasteiger partial charge on any atom is -0.493 e. The summed E-state index contributed by atoms with van der Waals surface area (Å²) in [5.41, 5.74) is 2.28. The van der Waals surface area contributed by atoms with Crippen LogP contribution < -0.4 is 10.1 Å². The van der Waals surface area contributed by atoms with Gasteiger partial charge in [0.25, 0.3) is 0 Å². The minimum atomic E-state index is 0.0952. The molecule has 3 heteroatoms. The van der Waals surface area contributed by atoms with Gasteiger partial charge in [0.15, 0.2) is 0 Å². The molecule has 92 valence electrons. The lowest BCUT2D eigenvalue weighted by atomic mass is 10.1. The smallest absolute Gasteiger partial charge is 0.223 e. The number of amides is 1. The first-order valence-corrected chi connectivity index (χ1v) is 6.14. The van der Waals surface area contributed by atoms with Crippen molar-refractivity contribution in [3.8, 4) is 5.75 Å². The van der Waals surface area contributed by atoms with Crippen LogP contribution in [0.1, 0.15) is 30.4 Å². The number of ether oxygens (including phenoxy) is 1. The highest BCUT2D eigenvalue weighted by Crippen LogP contribution is 2.20. The SMILES string of the molecule is Cc1ccc(C)c(OCCC(=O)NC2CC2)c1. The Labute approximate surface area is 102 Å². The van der Waals surface area contributed by atoms with Crippen molar-refractivity contribution in [1.29, 1.82) is 0 Å². The molecule has 0 heterocycles. The molecule has 0 bridgehead atoms. The van der Waals surface area contributed by atoms with Crippen LogP contribution in [0.2, 0.25) is 0 Å². The molecule has 0 saturated heterocycles. The predicted octanol–water partition coefficient (Wildman–Crippen LogP) is 2.35. The van der Waals surface area contributed by atoms with Crippen LogP contribution in [0.3, 0.4) is 0 Å². The molecular formula is C14H19NO2. The topological polar surface area (TPSA) is 38.3 Å². The fourth-order valence-electron chi connectivity index (χ4n) is 1.64. The van der Waals surface area contributed by atoms with Crippen molar-refractivity contribution in [1.82, 2.24) is 5.32 Å². The molecule has 2 rings (SSSR count). The van der Waals surface area contributed by atoms with Gasteiger partial charge >= 0.3 is 0 Å². The number of carbonyl (C=O) groups is 1. The van der Waals surface area contributed by atoms with E-state index < -0.39 is 0 Å². The summed E-state index contributed by atoms with van der Waals surface area (Å²) in [4.78, 5) is 11.4. The molecule has 0 spiro atoms. The molecule has 1 N–H and O–H groups in total. The van der Waals surface area contributed by atoms with Gasteiger partial charge in [-0.2, -0.15) is 0 Å². The molecule has 0 aliphatic heterocycles. The second-order valence-corrected chi connectivity index (χ2v) is 4.71. The van der Waals surface area contributed by atoms with Crippen LogP contribution in [0.15, 0.2) is 18.2 Å². The summed E-state index contributed by atoms with van der Waals surface area (Å²) in [6.07, 6.45) is 2.69. The Balaban J connectivity index is 1.76. The van der Waals surface area contributed by atoms with Gasteiger partial charge in [-0.25, -0.2) is 0 Å². The summed E-state index contributed by atoms with van der Waals surface area (Å²) < 4.78 is 5.63. The number of aryl methyl sites for hydroxylation is 2.